The molecule has 4 rings (SSSR count). The molecule has 0 saturated carbocycles. The van der Waals surface area contributed by atoms with E-state index in [0.717, 1.165) is 36.3 Å². The van der Waals surface area contributed by atoms with Crippen molar-refractivity contribution in [2.24, 2.45) is 47.2 Å². The summed E-state index contributed by atoms with van der Waals surface area (Å²) >= 11 is 1.13. The summed E-state index contributed by atoms with van der Waals surface area (Å²) in [5.74, 6) is -5.18. The van der Waals surface area contributed by atoms with Gasteiger partial charge in [0.2, 0.25) is 11.8 Å². The second kappa shape index (κ2) is 35.3. The molecule has 6 N–H and O–H groups in total. The van der Waals surface area contributed by atoms with Crippen molar-refractivity contribution in [3.8, 4) is 0 Å². The van der Waals surface area contributed by atoms with Crippen LogP contribution in [0, 0.1) is 41.4 Å². The molecule has 0 spiro atoms. The van der Waals surface area contributed by atoms with Crippen LogP contribution in [0.3, 0.4) is 0 Å². The number of piperidine rings is 1. The number of aromatic nitrogens is 1. The fourth-order valence-corrected chi connectivity index (χ4v) is 12.3. The molecule has 6 amide bonds. The summed E-state index contributed by atoms with van der Waals surface area (Å²) in [7, 11) is 1.97. The first-order valence-corrected chi connectivity index (χ1v) is 31.9. The number of carboxylic acids is 1. The highest BCUT2D eigenvalue weighted by Gasteiger charge is 2.40. The number of ketones is 3. The number of amides is 6. The molecular formula is C65H98N8O12S. The molecule has 0 unspecified atom stereocenters. The van der Waals surface area contributed by atoms with E-state index in [2.05, 4.69) is 39.3 Å². The number of carbonyl (C=O) groups is 10. The quantitative estimate of drug-likeness (QED) is 0.0311. The molecular weight excluding hydrogens is 1120 g/mol. The van der Waals surface area contributed by atoms with E-state index in [9.17, 15) is 53.1 Å². The number of carbonyl (C=O) groups excluding carboxylic acids is 9. The number of urea groups is 1. The number of primary amides is 1. The van der Waals surface area contributed by atoms with E-state index in [1.54, 1.807) is 47.5 Å². The molecule has 20 nitrogen and oxygen atoms in total. The summed E-state index contributed by atoms with van der Waals surface area (Å²) in [6, 6.07) is 4.07. The van der Waals surface area contributed by atoms with Crippen molar-refractivity contribution in [1.82, 2.24) is 35.6 Å². The number of rotatable bonds is 38. The van der Waals surface area contributed by atoms with Gasteiger partial charge in [-0.05, 0) is 113 Å². The van der Waals surface area contributed by atoms with E-state index < -0.39 is 71.8 Å². The van der Waals surface area contributed by atoms with Crippen LogP contribution in [0.2, 0.25) is 0 Å². The molecule has 86 heavy (non-hydrogen) atoms. The Bertz CT molecular complexity index is 2670. The van der Waals surface area contributed by atoms with Gasteiger partial charge in [0, 0.05) is 99.7 Å². The monoisotopic (exact) mass is 1210 g/mol. The molecule has 476 valence electrons. The number of aliphatic carboxylic acids is 1. The summed E-state index contributed by atoms with van der Waals surface area (Å²) in [5.41, 5.74) is 7.32. The Morgan fingerprint density at radius 3 is 2.17 bits per heavy atom. The Balaban J connectivity index is 1.46. The first kappa shape index (κ1) is 71.9. The van der Waals surface area contributed by atoms with Crippen molar-refractivity contribution in [3.05, 3.63) is 75.9 Å². The second-order valence-corrected chi connectivity index (χ2v) is 25.5. The molecule has 1 fully saturated rings. The number of hydrogen-bond acceptors (Lipinski definition) is 14. The Hall–Kier alpha value is -6.61. The Morgan fingerprint density at radius 1 is 0.895 bits per heavy atom. The normalized spacial score (nSPS) is 18.1. The fraction of sp³-hybridized carbons (Fsp3) is 0.646. The third kappa shape index (κ3) is 22.6. The summed E-state index contributed by atoms with van der Waals surface area (Å²) < 4.78 is 5.91. The highest BCUT2D eigenvalue weighted by molar-refractivity contribution is 7.09. The Kier molecular flexibility index (Phi) is 29.5. The molecule has 1 aromatic heterocycles. The predicted molar refractivity (Wildman–Crippen MR) is 331 cm³/mol. The number of thiazole rings is 1. The van der Waals surface area contributed by atoms with E-state index >= 15 is 0 Å². The Labute approximate surface area is 513 Å². The average Bonchev–Trinajstić information content (AvgIpc) is 2.11. The van der Waals surface area contributed by atoms with Crippen LogP contribution >= 0.6 is 11.3 Å². The van der Waals surface area contributed by atoms with Gasteiger partial charge in [0.05, 0.1) is 18.0 Å². The highest BCUT2D eigenvalue weighted by Crippen LogP contribution is 2.34. The van der Waals surface area contributed by atoms with Crippen molar-refractivity contribution in [3.63, 3.8) is 0 Å². The first-order chi connectivity index (χ1) is 40.6. The van der Waals surface area contributed by atoms with Crippen LogP contribution in [0.25, 0.3) is 0 Å². The molecule has 1 aromatic carbocycles. The maximum atomic E-state index is 14.8. The zero-order chi connectivity index (χ0) is 63.9. The van der Waals surface area contributed by atoms with Gasteiger partial charge in [0.1, 0.15) is 16.5 Å². The number of esters is 1. The van der Waals surface area contributed by atoms with Crippen LogP contribution in [0.1, 0.15) is 185 Å². The molecule has 0 bridgehead atoms. The average molecular weight is 1220 g/mol. The van der Waals surface area contributed by atoms with Gasteiger partial charge in [-0.3, -0.25) is 48.1 Å². The fourth-order valence-electron chi connectivity index (χ4n) is 11.5. The van der Waals surface area contributed by atoms with Crippen LogP contribution in [0.5, 0.6) is 0 Å². The Morgan fingerprint density at radius 2 is 1.58 bits per heavy atom. The zero-order valence-electron chi connectivity index (χ0n) is 52.8. The van der Waals surface area contributed by atoms with E-state index in [0.29, 0.717) is 67.4 Å². The largest absolute Gasteiger partial charge is 0.481 e. The third-order valence-electron chi connectivity index (χ3n) is 17.1. The van der Waals surface area contributed by atoms with Crippen molar-refractivity contribution < 1.29 is 57.8 Å². The number of nitrogens with two attached hydrogens (primary N) is 1. The maximum Gasteiger partial charge on any atom is 0.312 e. The number of Topliss-reactive ketones (excluding diaryl/α,β-unsaturated/α-hetero) is 3. The number of unbranched alkanes of at least 4 members (excludes halogenated alkanes) is 2. The van der Waals surface area contributed by atoms with Crippen LogP contribution < -0.4 is 21.7 Å². The molecule has 10 atom stereocenters. The topological polar surface area (TPSA) is 285 Å². The maximum absolute atomic E-state index is 14.8. The van der Waals surface area contributed by atoms with Gasteiger partial charge in [0.15, 0.2) is 17.7 Å². The van der Waals surface area contributed by atoms with Gasteiger partial charge >= 0.3 is 18.0 Å². The molecule has 2 aliphatic heterocycles. The van der Waals surface area contributed by atoms with Gasteiger partial charge in [-0.1, -0.05) is 99.1 Å². The van der Waals surface area contributed by atoms with E-state index in [-0.39, 0.29) is 117 Å². The highest BCUT2D eigenvalue weighted by atomic mass is 32.1. The molecule has 0 radical (unpaired) electrons. The number of likely N-dealkylation sites (tertiary alicyclic amines) is 1. The lowest BCUT2D eigenvalue weighted by Crippen LogP contribution is -2.50. The second-order valence-electron chi connectivity index (χ2n) is 24.7. The van der Waals surface area contributed by atoms with Crippen LogP contribution in [0.15, 0.2) is 54.1 Å². The number of nitrogens with zero attached hydrogens (tertiary/aromatic N) is 4. The lowest BCUT2D eigenvalue weighted by molar-refractivity contribution is -0.150. The van der Waals surface area contributed by atoms with Crippen molar-refractivity contribution in [1.29, 1.82) is 0 Å². The number of likely N-dealkylation sites (N-methyl/N-ethyl adjacent to an activating group) is 1. The van der Waals surface area contributed by atoms with Crippen molar-refractivity contribution in [2.45, 2.75) is 196 Å². The van der Waals surface area contributed by atoms with Crippen molar-refractivity contribution in [2.75, 3.05) is 33.2 Å². The first-order valence-electron chi connectivity index (χ1n) is 31.0. The number of carboxylic acid groups (broad SMARTS) is 1. The lowest BCUT2D eigenvalue weighted by atomic mass is 9.81. The number of ether oxygens (including phenoxy) is 1. The molecule has 1 saturated heterocycles. The lowest BCUT2D eigenvalue weighted by Gasteiger charge is -2.39. The van der Waals surface area contributed by atoms with E-state index in [1.807, 2.05) is 60.4 Å². The minimum absolute atomic E-state index is 0.000641. The smallest absolute Gasteiger partial charge is 0.312 e. The van der Waals surface area contributed by atoms with Gasteiger partial charge in [0.25, 0.3) is 11.8 Å². The minimum atomic E-state index is -1.05. The standard InChI is InChI=1S/C65H98N8O12S/c1-13-42(8)51(36-57(77)55-31-41(7)27-30-71(55)12)63(81)72(14-2)54(40(5)6)37-58(85-45(11)74)62-70-53(38-86-62)61(80)68-48(32-43(9)64(82)83)33-46-22-24-47(25-23-46)34-56(76)52(20-18-28-67-65(66)84)69-60(79)50(39(3)4)35-49(75)19-16-15-17-29-73-44(10)21-26-59(73)78/h21-26,38-43,48,50-52,54-55,58H,10,13-20,27-37H2,1-9,11-12H3,(H,68,80)(H,69,79)(H,82,83)(H3,66,67,84)/t41-,42+,43+,48-,50+,51+,52+,54-,55-,58-/m1/s1. The number of benzene rings is 1. The van der Waals surface area contributed by atoms with Gasteiger partial charge < -0.3 is 41.3 Å². The van der Waals surface area contributed by atoms with E-state index in [1.165, 1.54) is 13.0 Å². The van der Waals surface area contributed by atoms with Gasteiger partial charge in [-0.25, -0.2) is 9.78 Å². The molecule has 3 heterocycles. The van der Waals surface area contributed by atoms with Gasteiger partial charge in [-0.15, -0.1) is 11.3 Å². The van der Waals surface area contributed by atoms with Crippen LogP contribution in [-0.4, -0.2) is 141 Å². The predicted octanol–water partition coefficient (Wildman–Crippen LogP) is 8.56. The number of nitrogens with one attached hydrogen (secondary N) is 3. The third-order valence-corrected chi connectivity index (χ3v) is 18.0. The molecule has 2 aliphatic rings. The summed E-state index contributed by atoms with van der Waals surface area (Å²) in [5, 5.41) is 20.3. The van der Waals surface area contributed by atoms with Gasteiger partial charge in [-0.2, -0.15) is 0 Å². The summed E-state index contributed by atoms with van der Waals surface area (Å²) in [4.78, 5) is 142. The van der Waals surface area contributed by atoms with Crippen molar-refractivity contribution >= 4 is 70.3 Å². The van der Waals surface area contributed by atoms with E-state index in [4.69, 9.17) is 10.5 Å². The number of hydrogen-bond donors (Lipinski definition) is 5. The zero-order valence-corrected chi connectivity index (χ0v) is 53.6. The SMILES string of the molecule is C=C1C=CC(=O)N1CCCCCC(=O)C[C@H](C(=O)N[C@@H](CCCNC(N)=O)C(=O)Cc1ccc(C[C@@H](C[C@H](C)C(=O)O)NC(=O)c2csc([C@@H](C[C@H](C(C)C)N(CC)C(=O)[C@@H](CC(=O)[C@H]3C[C@H](C)CCN3C)[C@@H](C)CC)OC(C)=O)n2)cc1)C(C)C. The minimum Gasteiger partial charge on any atom is -0.481 e. The molecule has 21 heteroatoms. The summed E-state index contributed by atoms with van der Waals surface area (Å²) in [6.45, 7) is 24.4. The van der Waals surface area contributed by atoms with Crippen LogP contribution in [0.4, 0.5) is 4.79 Å². The molecule has 0 aliphatic carbocycles. The summed E-state index contributed by atoms with van der Waals surface area (Å²) in [6.07, 6.45) is 8.05. The van der Waals surface area contributed by atoms with Crippen LogP contribution in [-0.2, 0) is 55.9 Å². The number of allylic oxidation sites excluding steroid dienone is 1. The molecule has 2 aromatic rings.